The van der Waals surface area contributed by atoms with E-state index < -0.39 is 0 Å². The summed E-state index contributed by atoms with van der Waals surface area (Å²) in [5, 5.41) is 9.18. The van der Waals surface area contributed by atoms with Crippen LogP contribution in [0.5, 0.6) is 0 Å². The average Bonchev–Trinajstić information content (AvgIpc) is 2.83. The first-order valence-electron chi connectivity index (χ1n) is 5.81. The van der Waals surface area contributed by atoms with E-state index in [1.165, 1.54) is 5.56 Å². The van der Waals surface area contributed by atoms with Gasteiger partial charge in [0.25, 0.3) is 0 Å². The molecule has 0 saturated carbocycles. The van der Waals surface area contributed by atoms with Crippen LogP contribution in [0, 0.1) is 0 Å². The minimum atomic E-state index is -0.0127. The van der Waals surface area contributed by atoms with Gasteiger partial charge in [-0.2, -0.15) is 0 Å². The predicted molar refractivity (Wildman–Crippen MR) is 61.0 cm³/mol. The molecule has 0 spiro atoms. The lowest BCUT2D eigenvalue weighted by atomic mass is 10.0. The topological polar surface area (TPSA) is 38.7 Å². The normalized spacial score (nSPS) is 16.8. The summed E-state index contributed by atoms with van der Waals surface area (Å²) in [4.78, 5) is 0. The van der Waals surface area contributed by atoms with Crippen molar-refractivity contribution in [3.63, 3.8) is 0 Å². The number of rotatable bonds is 5. The Morgan fingerprint density at radius 2 is 1.81 bits per heavy atom. The maximum atomic E-state index is 9.18. The Labute approximate surface area is 96.0 Å². The van der Waals surface area contributed by atoms with Crippen molar-refractivity contribution in [2.75, 3.05) is 13.2 Å². The van der Waals surface area contributed by atoms with Crippen LogP contribution in [0.15, 0.2) is 24.3 Å². The summed E-state index contributed by atoms with van der Waals surface area (Å²) >= 11 is 0. The smallest absolute Gasteiger partial charge is 0.157 e. The molecule has 1 aromatic rings. The first kappa shape index (κ1) is 11.6. The molecule has 0 radical (unpaired) electrons. The third kappa shape index (κ3) is 3.04. The van der Waals surface area contributed by atoms with Gasteiger partial charge in [0.1, 0.15) is 0 Å². The van der Waals surface area contributed by atoms with E-state index in [2.05, 4.69) is 6.07 Å². The molecule has 2 rings (SSSR count). The monoisotopic (exact) mass is 222 g/mol. The first-order chi connectivity index (χ1) is 7.90. The Kier molecular flexibility index (Phi) is 4.34. The van der Waals surface area contributed by atoms with Gasteiger partial charge in [0.05, 0.1) is 19.8 Å². The van der Waals surface area contributed by atoms with Gasteiger partial charge in [0, 0.05) is 0 Å². The van der Waals surface area contributed by atoms with E-state index in [-0.39, 0.29) is 12.9 Å². The average molecular weight is 222 g/mol. The molecule has 1 fully saturated rings. The van der Waals surface area contributed by atoms with Crippen molar-refractivity contribution in [1.82, 2.24) is 0 Å². The Balaban J connectivity index is 1.79. The lowest BCUT2D eigenvalue weighted by molar-refractivity contribution is -0.0475. The van der Waals surface area contributed by atoms with E-state index >= 15 is 0 Å². The molecule has 3 nitrogen and oxygen atoms in total. The Bertz CT molecular complexity index is 319. The molecule has 88 valence electrons. The van der Waals surface area contributed by atoms with Crippen molar-refractivity contribution in [3.05, 3.63) is 35.4 Å². The SMILES string of the molecule is OCc1ccccc1CCCC1OCCO1. The molecule has 1 aliphatic heterocycles. The Hall–Kier alpha value is -0.900. The second-order valence-corrected chi connectivity index (χ2v) is 3.99. The van der Waals surface area contributed by atoms with Crippen LogP contribution in [0.3, 0.4) is 0 Å². The van der Waals surface area contributed by atoms with Crippen LogP contribution in [-0.2, 0) is 22.5 Å². The van der Waals surface area contributed by atoms with E-state index in [9.17, 15) is 5.11 Å². The summed E-state index contributed by atoms with van der Waals surface area (Å²) in [7, 11) is 0. The standard InChI is InChI=1S/C13H18O3/c14-10-12-5-2-1-4-11(12)6-3-7-13-15-8-9-16-13/h1-2,4-5,13-14H,3,6-10H2. The van der Waals surface area contributed by atoms with E-state index in [1.54, 1.807) is 0 Å². The summed E-state index contributed by atoms with van der Waals surface area (Å²) < 4.78 is 10.8. The summed E-state index contributed by atoms with van der Waals surface area (Å²) in [6, 6.07) is 8.01. The van der Waals surface area contributed by atoms with Crippen LogP contribution in [-0.4, -0.2) is 24.6 Å². The van der Waals surface area contributed by atoms with Crippen molar-refractivity contribution >= 4 is 0 Å². The second-order valence-electron chi connectivity index (χ2n) is 3.99. The molecule has 0 aromatic heterocycles. The fourth-order valence-electron chi connectivity index (χ4n) is 1.99. The van der Waals surface area contributed by atoms with E-state index in [0.29, 0.717) is 0 Å². The molecule has 1 N–H and O–H groups in total. The van der Waals surface area contributed by atoms with Gasteiger partial charge in [0.15, 0.2) is 6.29 Å². The summed E-state index contributed by atoms with van der Waals surface area (Å²) in [6.45, 7) is 1.56. The quantitative estimate of drug-likeness (QED) is 0.826. The highest BCUT2D eigenvalue weighted by Crippen LogP contribution is 2.15. The zero-order valence-electron chi connectivity index (χ0n) is 9.39. The van der Waals surface area contributed by atoms with Gasteiger partial charge >= 0.3 is 0 Å². The fourth-order valence-corrected chi connectivity index (χ4v) is 1.99. The van der Waals surface area contributed by atoms with Crippen LogP contribution >= 0.6 is 0 Å². The van der Waals surface area contributed by atoms with Gasteiger partial charge in [-0.05, 0) is 30.4 Å². The second kappa shape index (κ2) is 5.99. The Morgan fingerprint density at radius 1 is 1.12 bits per heavy atom. The molecule has 0 amide bonds. The lowest BCUT2D eigenvalue weighted by Gasteiger charge is -2.10. The number of aliphatic hydroxyl groups excluding tert-OH is 1. The molecular weight excluding hydrogens is 204 g/mol. The van der Waals surface area contributed by atoms with Crippen LogP contribution in [0.1, 0.15) is 24.0 Å². The molecule has 1 aromatic carbocycles. The third-order valence-electron chi connectivity index (χ3n) is 2.87. The largest absolute Gasteiger partial charge is 0.392 e. The van der Waals surface area contributed by atoms with Gasteiger partial charge < -0.3 is 14.6 Å². The lowest BCUT2D eigenvalue weighted by Crippen LogP contribution is -2.07. The maximum absolute atomic E-state index is 9.18. The van der Waals surface area contributed by atoms with E-state index in [4.69, 9.17) is 9.47 Å². The molecule has 1 saturated heterocycles. The van der Waals surface area contributed by atoms with Crippen molar-refractivity contribution in [2.24, 2.45) is 0 Å². The summed E-state index contributed by atoms with van der Waals surface area (Å²) in [5.41, 5.74) is 2.25. The van der Waals surface area contributed by atoms with E-state index in [0.717, 1.165) is 38.0 Å². The van der Waals surface area contributed by atoms with Crippen molar-refractivity contribution in [2.45, 2.75) is 32.2 Å². The van der Waals surface area contributed by atoms with Gasteiger partial charge in [-0.15, -0.1) is 0 Å². The maximum Gasteiger partial charge on any atom is 0.157 e. The number of aryl methyl sites for hydroxylation is 1. The molecule has 0 bridgehead atoms. The molecular formula is C13H18O3. The molecule has 0 atom stereocenters. The molecule has 1 aliphatic rings. The van der Waals surface area contributed by atoms with Crippen LogP contribution < -0.4 is 0 Å². The van der Waals surface area contributed by atoms with Gasteiger partial charge in [0.2, 0.25) is 0 Å². The van der Waals surface area contributed by atoms with Crippen molar-refractivity contribution in [1.29, 1.82) is 0 Å². The minimum absolute atomic E-state index is 0.0127. The first-order valence-corrected chi connectivity index (χ1v) is 5.81. The molecule has 16 heavy (non-hydrogen) atoms. The number of aliphatic hydroxyl groups is 1. The fraction of sp³-hybridized carbons (Fsp3) is 0.538. The van der Waals surface area contributed by atoms with Gasteiger partial charge in [-0.3, -0.25) is 0 Å². The molecule has 3 heteroatoms. The van der Waals surface area contributed by atoms with Gasteiger partial charge in [-0.1, -0.05) is 24.3 Å². The Morgan fingerprint density at radius 3 is 2.50 bits per heavy atom. The van der Waals surface area contributed by atoms with Crippen LogP contribution in [0.2, 0.25) is 0 Å². The summed E-state index contributed by atoms with van der Waals surface area (Å²) in [6.07, 6.45) is 2.92. The highest BCUT2D eigenvalue weighted by molar-refractivity contribution is 5.26. The molecule has 0 unspecified atom stereocenters. The summed E-state index contributed by atoms with van der Waals surface area (Å²) in [5.74, 6) is 0. The number of benzene rings is 1. The molecule has 0 aliphatic carbocycles. The third-order valence-corrected chi connectivity index (χ3v) is 2.87. The van der Waals surface area contributed by atoms with Gasteiger partial charge in [-0.25, -0.2) is 0 Å². The zero-order valence-corrected chi connectivity index (χ0v) is 9.39. The number of hydrogen-bond donors (Lipinski definition) is 1. The van der Waals surface area contributed by atoms with Crippen molar-refractivity contribution < 1.29 is 14.6 Å². The van der Waals surface area contributed by atoms with Crippen molar-refractivity contribution in [3.8, 4) is 0 Å². The molecule has 1 heterocycles. The predicted octanol–water partition coefficient (Wildman–Crippen LogP) is 1.87. The highest BCUT2D eigenvalue weighted by Gasteiger charge is 2.15. The minimum Gasteiger partial charge on any atom is -0.392 e. The van der Waals surface area contributed by atoms with E-state index in [1.807, 2.05) is 18.2 Å². The number of hydrogen-bond acceptors (Lipinski definition) is 3. The number of ether oxygens (including phenoxy) is 2. The highest BCUT2D eigenvalue weighted by atomic mass is 16.7. The van der Waals surface area contributed by atoms with Crippen LogP contribution in [0.25, 0.3) is 0 Å². The zero-order chi connectivity index (χ0) is 11.2. The van der Waals surface area contributed by atoms with Crippen LogP contribution in [0.4, 0.5) is 0 Å².